The van der Waals surface area contributed by atoms with Crippen molar-refractivity contribution in [2.24, 2.45) is 0 Å². The molecule has 4 aromatic rings. The summed E-state index contributed by atoms with van der Waals surface area (Å²) >= 11 is 4.36. The summed E-state index contributed by atoms with van der Waals surface area (Å²) in [5, 5.41) is 5.77. The van der Waals surface area contributed by atoms with Crippen molar-refractivity contribution in [2.45, 2.75) is 45.6 Å². The number of hydrogen-bond acceptors (Lipinski definition) is 7. The third-order valence-electron chi connectivity index (χ3n) is 5.46. The number of thiophene rings is 1. The number of hydrogen-bond donors (Lipinski definition) is 2. The molecule has 1 atom stereocenters. The van der Waals surface area contributed by atoms with Crippen LogP contribution in [0.1, 0.15) is 34.3 Å². The molecule has 4 rings (SSSR count). The number of rotatable bonds is 6. The van der Waals surface area contributed by atoms with Crippen LogP contribution < -0.4 is 10.9 Å². The van der Waals surface area contributed by atoms with Crippen molar-refractivity contribution >= 4 is 55.7 Å². The van der Waals surface area contributed by atoms with Crippen molar-refractivity contribution in [3.8, 4) is 11.3 Å². The number of nitrogens with zero attached hydrogens (tertiary/aromatic N) is 2. The number of aromatic amines is 1. The van der Waals surface area contributed by atoms with Gasteiger partial charge >= 0.3 is 0 Å². The summed E-state index contributed by atoms with van der Waals surface area (Å²) in [5.74, 6) is 0.906. The van der Waals surface area contributed by atoms with Crippen LogP contribution in [-0.2, 0) is 10.5 Å². The summed E-state index contributed by atoms with van der Waals surface area (Å²) in [6.07, 6.45) is 0. The van der Waals surface area contributed by atoms with Gasteiger partial charge in [0.05, 0.1) is 22.1 Å². The number of aryl methyl sites for hydroxylation is 4. The average molecular weight is 485 g/mol. The van der Waals surface area contributed by atoms with Crippen LogP contribution in [0.25, 0.3) is 21.5 Å². The summed E-state index contributed by atoms with van der Waals surface area (Å²) in [5.41, 5.74) is 5.20. The SMILES string of the molecule is Cc1ccc(-c2csc(NC(=O)[C@H](C)SCc3nc4sc(C)c(C)c4c(=O)[nH]3)n2)cc1C. The smallest absolute Gasteiger partial charge is 0.259 e. The minimum atomic E-state index is -0.322. The van der Waals surface area contributed by atoms with E-state index in [0.29, 0.717) is 22.1 Å². The molecule has 3 heterocycles. The first-order valence-electron chi connectivity index (χ1n) is 10.2. The van der Waals surface area contributed by atoms with Gasteiger partial charge in [0.15, 0.2) is 5.13 Å². The first-order valence-corrected chi connectivity index (χ1v) is 12.9. The van der Waals surface area contributed by atoms with Crippen LogP contribution in [-0.4, -0.2) is 26.1 Å². The molecule has 2 N–H and O–H groups in total. The summed E-state index contributed by atoms with van der Waals surface area (Å²) in [6, 6.07) is 6.23. The second-order valence-corrected chi connectivity index (χ2v) is 11.1. The quantitative estimate of drug-likeness (QED) is 0.372. The number of benzene rings is 1. The van der Waals surface area contributed by atoms with Crippen molar-refractivity contribution in [1.82, 2.24) is 15.0 Å². The molecule has 0 bridgehead atoms. The Morgan fingerprint density at radius 1 is 1.19 bits per heavy atom. The molecule has 32 heavy (non-hydrogen) atoms. The Kier molecular flexibility index (Phi) is 6.50. The van der Waals surface area contributed by atoms with Gasteiger partial charge in [-0.15, -0.1) is 34.4 Å². The van der Waals surface area contributed by atoms with E-state index >= 15 is 0 Å². The van der Waals surface area contributed by atoms with E-state index in [-0.39, 0.29) is 16.7 Å². The molecular weight excluding hydrogens is 460 g/mol. The number of anilines is 1. The number of H-pyrrole nitrogens is 1. The molecule has 0 saturated heterocycles. The standard InChI is InChI=1S/C23H24N4O2S3/c1-11-6-7-16(8-12(11)2)17-9-31-23(24-17)27-20(28)15(5)30-10-18-25-21(29)19-13(3)14(4)32-22(19)26-18/h6-9,15H,10H2,1-5H3,(H,24,27,28)(H,25,26,29)/t15-/m0/s1. The Hall–Kier alpha value is -2.49. The predicted molar refractivity (Wildman–Crippen MR) is 136 cm³/mol. The largest absolute Gasteiger partial charge is 0.309 e. The van der Waals surface area contributed by atoms with E-state index < -0.39 is 0 Å². The Bertz CT molecular complexity index is 1370. The van der Waals surface area contributed by atoms with Crippen LogP contribution >= 0.6 is 34.4 Å². The van der Waals surface area contributed by atoms with E-state index in [0.717, 1.165) is 26.5 Å². The van der Waals surface area contributed by atoms with Gasteiger partial charge in [-0.05, 0) is 57.4 Å². The van der Waals surface area contributed by atoms with Crippen molar-refractivity contribution in [3.63, 3.8) is 0 Å². The lowest BCUT2D eigenvalue weighted by Gasteiger charge is -2.10. The van der Waals surface area contributed by atoms with Gasteiger partial charge < -0.3 is 10.3 Å². The van der Waals surface area contributed by atoms with Crippen LogP contribution in [0.2, 0.25) is 0 Å². The molecule has 1 amide bonds. The zero-order valence-electron chi connectivity index (χ0n) is 18.5. The molecule has 9 heteroatoms. The van der Waals surface area contributed by atoms with Crippen LogP contribution in [0.15, 0.2) is 28.4 Å². The molecule has 0 saturated carbocycles. The number of fused-ring (bicyclic) bond motifs is 1. The van der Waals surface area contributed by atoms with Gasteiger partial charge in [0, 0.05) is 15.8 Å². The molecule has 0 aliphatic rings. The maximum absolute atomic E-state index is 12.6. The lowest BCUT2D eigenvalue weighted by Crippen LogP contribution is -2.23. The molecule has 0 fully saturated rings. The topological polar surface area (TPSA) is 87.7 Å². The highest BCUT2D eigenvalue weighted by atomic mass is 32.2. The number of amides is 1. The maximum Gasteiger partial charge on any atom is 0.259 e. The Balaban J connectivity index is 1.39. The van der Waals surface area contributed by atoms with Gasteiger partial charge in [-0.1, -0.05) is 12.1 Å². The van der Waals surface area contributed by atoms with E-state index in [4.69, 9.17) is 0 Å². The number of aromatic nitrogens is 3. The highest BCUT2D eigenvalue weighted by molar-refractivity contribution is 7.99. The van der Waals surface area contributed by atoms with Crippen LogP contribution in [0.3, 0.4) is 0 Å². The lowest BCUT2D eigenvalue weighted by molar-refractivity contribution is -0.115. The van der Waals surface area contributed by atoms with Gasteiger partial charge in [0.25, 0.3) is 5.56 Å². The fourth-order valence-corrected chi connectivity index (χ4v) is 5.75. The molecule has 0 unspecified atom stereocenters. The molecule has 166 valence electrons. The lowest BCUT2D eigenvalue weighted by atomic mass is 10.1. The third kappa shape index (κ3) is 4.65. The van der Waals surface area contributed by atoms with Gasteiger partial charge in [-0.2, -0.15) is 0 Å². The fourth-order valence-electron chi connectivity index (χ4n) is 3.22. The van der Waals surface area contributed by atoms with Crippen molar-refractivity contribution in [1.29, 1.82) is 0 Å². The Morgan fingerprint density at radius 3 is 2.72 bits per heavy atom. The first kappa shape index (κ1) is 22.7. The van der Waals surface area contributed by atoms with E-state index in [1.807, 2.05) is 32.2 Å². The summed E-state index contributed by atoms with van der Waals surface area (Å²) < 4.78 is 0. The van der Waals surface area contributed by atoms with Crippen LogP contribution in [0, 0.1) is 27.7 Å². The third-order valence-corrected chi connectivity index (χ3v) is 8.48. The number of carbonyl (C=O) groups excluding carboxylic acids is 1. The number of thioether (sulfide) groups is 1. The molecule has 0 aliphatic heterocycles. The summed E-state index contributed by atoms with van der Waals surface area (Å²) in [7, 11) is 0. The minimum absolute atomic E-state index is 0.119. The van der Waals surface area contributed by atoms with Gasteiger partial charge in [-0.25, -0.2) is 9.97 Å². The Morgan fingerprint density at radius 2 is 1.97 bits per heavy atom. The molecule has 0 spiro atoms. The van der Waals surface area contributed by atoms with Gasteiger partial charge in [0.1, 0.15) is 10.7 Å². The van der Waals surface area contributed by atoms with Crippen molar-refractivity contribution < 1.29 is 4.79 Å². The summed E-state index contributed by atoms with van der Waals surface area (Å²) in [6.45, 7) is 9.93. The number of carbonyl (C=O) groups is 1. The predicted octanol–water partition coefficient (Wildman–Crippen LogP) is 5.60. The first-order chi connectivity index (χ1) is 15.2. The number of nitrogens with one attached hydrogen (secondary N) is 2. The minimum Gasteiger partial charge on any atom is -0.309 e. The van der Waals surface area contributed by atoms with Crippen LogP contribution in [0.5, 0.6) is 0 Å². The second-order valence-electron chi connectivity index (χ2n) is 7.76. The zero-order valence-corrected chi connectivity index (χ0v) is 21.0. The zero-order chi connectivity index (χ0) is 23.0. The highest BCUT2D eigenvalue weighted by Crippen LogP contribution is 2.28. The molecular formula is C23H24N4O2S3. The van der Waals surface area contributed by atoms with E-state index in [9.17, 15) is 9.59 Å². The highest BCUT2D eigenvalue weighted by Gasteiger charge is 2.18. The van der Waals surface area contributed by atoms with E-state index in [1.54, 1.807) is 0 Å². The average Bonchev–Trinajstić information content (AvgIpc) is 3.32. The number of thiazole rings is 1. The van der Waals surface area contributed by atoms with Crippen molar-refractivity contribution in [2.75, 3.05) is 5.32 Å². The van der Waals surface area contributed by atoms with Crippen LogP contribution in [0.4, 0.5) is 5.13 Å². The fraction of sp³-hybridized carbons (Fsp3) is 0.304. The molecule has 0 radical (unpaired) electrons. The van der Waals surface area contributed by atoms with Gasteiger partial charge in [0.2, 0.25) is 5.91 Å². The normalized spacial score (nSPS) is 12.3. The maximum atomic E-state index is 12.6. The molecule has 1 aromatic carbocycles. The van der Waals surface area contributed by atoms with Crippen molar-refractivity contribution in [3.05, 3.63) is 61.3 Å². The van der Waals surface area contributed by atoms with E-state index in [1.165, 1.54) is 45.6 Å². The monoisotopic (exact) mass is 484 g/mol. The second kappa shape index (κ2) is 9.17. The summed E-state index contributed by atoms with van der Waals surface area (Å²) in [4.78, 5) is 38.9. The Labute approximate surface area is 198 Å². The molecule has 3 aromatic heterocycles. The molecule has 6 nitrogen and oxygen atoms in total. The van der Waals surface area contributed by atoms with E-state index in [2.05, 4.69) is 46.2 Å². The molecule has 0 aliphatic carbocycles. The van der Waals surface area contributed by atoms with Gasteiger partial charge in [-0.3, -0.25) is 9.59 Å².